The number of ether oxygens (including phenoxy) is 2. The molecule has 0 aliphatic heterocycles. The van der Waals surface area contributed by atoms with Crippen LogP contribution in [0.2, 0.25) is 0 Å². The minimum Gasteiger partial charge on any atom is -0.504 e. The quantitative estimate of drug-likeness (QED) is 0.213. The Hall–Kier alpha value is -2.54. The van der Waals surface area contributed by atoms with Crippen molar-refractivity contribution in [1.82, 2.24) is 0 Å². The smallest absolute Gasteiger partial charge is 0.343 e. The van der Waals surface area contributed by atoms with Crippen LogP contribution < -0.4 is 0 Å². The van der Waals surface area contributed by atoms with E-state index in [1.807, 2.05) is 0 Å². The first-order valence-corrected chi connectivity index (χ1v) is 5.84. The standard InChI is InChI=1S/C13H11ClO7/c1-20-12(18)9(10(11(14)17)13(19)21-2)6-3-4-7(15)8(16)5-6/h3-5,15-16H,1-2H3. The van der Waals surface area contributed by atoms with E-state index in [2.05, 4.69) is 9.47 Å². The van der Waals surface area contributed by atoms with Gasteiger partial charge in [0.15, 0.2) is 11.5 Å². The highest BCUT2D eigenvalue weighted by Crippen LogP contribution is 2.31. The zero-order valence-corrected chi connectivity index (χ0v) is 11.8. The monoisotopic (exact) mass is 314 g/mol. The molecule has 1 aromatic carbocycles. The second-order valence-corrected chi connectivity index (χ2v) is 4.05. The van der Waals surface area contributed by atoms with E-state index in [1.165, 1.54) is 6.07 Å². The third kappa shape index (κ3) is 3.51. The lowest BCUT2D eigenvalue weighted by Crippen LogP contribution is -2.17. The van der Waals surface area contributed by atoms with Gasteiger partial charge in [0.1, 0.15) is 5.57 Å². The molecule has 0 unspecified atom stereocenters. The molecule has 0 spiro atoms. The molecule has 0 saturated carbocycles. The normalized spacial score (nSPS) is 11.4. The fourth-order valence-electron chi connectivity index (χ4n) is 1.53. The molecular formula is C13H11ClO7. The van der Waals surface area contributed by atoms with Gasteiger partial charge in [0.25, 0.3) is 5.24 Å². The topological polar surface area (TPSA) is 110 Å². The Labute approximate surface area is 124 Å². The summed E-state index contributed by atoms with van der Waals surface area (Å²) in [5.74, 6) is -3.17. The maximum absolute atomic E-state index is 11.8. The third-order valence-electron chi connectivity index (χ3n) is 2.49. The van der Waals surface area contributed by atoms with Gasteiger partial charge in [0.05, 0.1) is 19.8 Å². The first kappa shape index (κ1) is 16.5. The minimum absolute atomic E-state index is 0.0495. The van der Waals surface area contributed by atoms with Gasteiger partial charge in [-0.05, 0) is 29.3 Å². The van der Waals surface area contributed by atoms with Crippen molar-refractivity contribution in [3.8, 4) is 11.5 Å². The van der Waals surface area contributed by atoms with E-state index in [-0.39, 0.29) is 5.56 Å². The van der Waals surface area contributed by atoms with Crippen molar-refractivity contribution in [3.05, 3.63) is 29.3 Å². The number of rotatable bonds is 4. The molecule has 0 atom stereocenters. The summed E-state index contributed by atoms with van der Waals surface area (Å²) in [6.45, 7) is 0. The average Bonchev–Trinajstić information content (AvgIpc) is 2.45. The number of carbonyl (C=O) groups is 3. The molecule has 0 aromatic heterocycles. The van der Waals surface area contributed by atoms with Gasteiger partial charge in [-0.2, -0.15) is 0 Å². The van der Waals surface area contributed by atoms with Gasteiger partial charge in [0, 0.05) is 0 Å². The number of esters is 2. The van der Waals surface area contributed by atoms with E-state index in [0.717, 1.165) is 26.4 Å². The molecule has 1 aromatic rings. The van der Waals surface area contributed by atoms with E-state index >= 15 is 0 Å². The highest BCUT2D eigenvalue weighted by molar-refractivity contribution is 6.72. The second kappa shape index (κ2) is 6.76. The largest absolute Gasteiger partial charge is 0.504 e. The van der Waals surface area contributed by atoms with Crippen molar-refractivity contribution in [1.29, 1.82) is 0 Å². The maximum atomic E-state index is 11.8. The maximum Gasteiger partial charge on any atom is 0.343 e. The van der Waals surface area contributed by atoms with E-state index in [4.69, 9.17) is 11.6 Å². The number of hydrogen-bond donors (Lipinski definition) is 2. The molecule has 0 bridgehead atoms. The minimum atomic E-state index is -1.23. The fourth-order valence-corrected chi connectivity index (χ4v) is 1.70. The Morgan fingerprint density at radius 1 is 1.00 bits per heavy atom. The molecule has 0 amide bonds. The second-order valence-electron chi connectivity index (χ2n) is 3.71. The Morgan fingerprint density at radius 3 is 2.00 bits per heavy atom. The lowest BCUT2D eigenvalue weighted by atomic mass is 9.99. The molecule has 21 heavy (non-hydrogen) atoms. The summed E-state index contributed by atoms with van der Waals surface area (Å²) in [5.41, 5.74) is -1.28. The molecule has 0 fully saturated rings. The molecule has 0 saturated heterocycles. The zero-order valence-electron chi connectivity index (χ0n) is 11.0. The highest BCUT2D eigenvalue weighted by Gasteiger charge is 2.29. The summed E-state index contributed by atoms with van der Waals surface area (Å²) in [7, 11) is 2.04. The fraction of sp³-hybridized carbons (Fsp3) is 0.154. The van der Waals surface area contributed by atoms with Crippen molar-refractivity contribution in [2.75, 3.05) is 14.2 Å². The number of methoxy groups -OCH3 is 2. The van der Waals surface area contributed by atoms with Crippen molar-refractivity contribution >= 4 is 34.4 Å². The van der Waals surface area contributed by atoms with Gasteiger partial charge >= 0.3 is 11.9 Å². The van der Waals surface area contributed by atoms with Crippen molar-refractivity contribution in [3.63, 3.8) is 0 Å². The van der Waals surface area contributed by atoms with E-state index in [9.17, 15) is 24.6 Å². The van der Waals surface area contributed by atoms with Crippen molar-refractivity contribution in [2.45, 2.75) is 0 Å². The summed E-state index contributed by atoms with van der Waals surface area (Å²) in [5, 5.41) is 17.5. The number of phenols is 2. The summed E-state index contributed by atoms with van der Waals surface area (Å²) >= 11 is 5.32. The summed E-state index contributed by atoms with van der Waals surface area (Å²) < 4.78 is 8.91. The Balaban J connectivity index is 3.67. The SMILES string of the molecule is COC(=O)C(C(=O)Cl)=C(C(=O)OC)c1ccc(O)c(O)c1. The Kier molecular flexibility index (Phi) is 5.31. The predicted molar refractivity (Wildman–Crippen MR) is 71.6 cm³/mol. The van der Waals surface area contributed by atoms with Crippen LogP contribution in [-0.2, 0) is 23.9 Å². The third-order valence-corrected chi connectivity index (χ3v) is 2.68. The van der Waals surface area contributed by atoms with Crippen LogP contribution >= 0.6 is 11.6 Å². The number of hydrogen-bond acceptors (Lipinski definition) is 7. The number of benzene rings is 1. The average molecular weight is 315 g/mol. The van der Waals surface area contributed by atoms with Gasteiger partial charge in [-0.1, -0.05) is 6.07 Å². The van der Waals surface area contributed by atoms with Crippen LogP contribution in [0.25, 0.3) is 5.57 Å². The zero-order chi connectivity index (χ0) is 16.2. The lowest BCUT2D eigenvalue weighted by Gasteiger charge is -2.10. The van der Waals surface area contributed by atoms with Crippen LogP contribution in [-0.4, -0.2) is 41.6 Å². The summed E-state index contributed by atoms with van der Waals surface area (Å²) in [4.78, 5) is 34.9. The lowest BCUT2D eigenvalue weighted by molar-refractivity contribution is -0.138. The van der Waals surface area contributed by atoms with Gasteiger partial charge in [-0.25, -0.2) is 9.59 Å². The van der Waals surface area contributed by atoms with E-state index in [1.54, 1.807) is 0 Å². The Bertz CT molecular complexity index is 633. The van der Waals surface area contributed by atoms with Crippen LogP contribution in [0, 0.1) is 0 Å². The molecule has 0 aliphatic carbocycles. The van der Waals surface area contributed by atoms with Crippen LogP contribution in [0.15, 0.2) is 23.8 Å². The molecular weight excluding hydrogens is 304 g/mol. The predicted octanol–water partition coefficient (Wildman–Crippen LogP) is 0.963. The Morgan fingerprint density at radius 2 is 1.57 bits per heavy atom. The number of halogens is 1. The van der Waals surface area contributed by atoms with Crippen LogP contribution in [0.4, 0.5) is 0 Å². The molecule has 7 nitrogen and oxygen atoms in total. The van der Waals surface area contributed by atoms with Crippen LogP contribution in [0.1, 0.15) is 5.56 Å². The first-order chi connectivity index (χ1) is 9.83. The molecule has 0 radical (unpaired) electrons. The van der Waals surface area contributed by atoms with E-state index in [0.29, 0.717) is 0 Å². The van der Waals surface area contributed by atoms with E-state index < -0.39 is 39.8 Å². The molecule has 112 valence electrons. The van der Waals surface area contributed by atoms with Crippen molar-refractivity contribution < 1.29 is 34.1 Å². The van der Waals surface area contributed by atoms with Crippen molar-refractivity contribution in [2.24, 2.45) is 0 Å². The van der Waals surface area contributed by atoms with Gasteiger partial charge in [-0.3, -0.25) is 4.79 Å². The van der Waals surface area contributed by atoms with Gasteiger partial charge < -0.3 is 19.7 Å². The summed E-state index contributed by atoms with van der Waals surface area (Å²) in [6.07, 6.45) is 0. The number of aromatic hydroxyl groups is 2. The molecule has 0 aliphatic rings. The first-order valence-electron chi connectivity index (χ1n) is 5.46. The molecule has 0 heterocycles. The molecule has 8 heteroatoms. The summed E-state index contributed by atoms with van der Waals surface area (Å²) in [6, 6.07) is 3.25. The highest BCUT2D eigenvalue weighted by atomic mass is 35.5. The van der Waals surface area contributed by atoms with Gasteiger partial charge in [-0.15, -0.1) is 0 Å². The molecule has 1 rings (SSSR count). The molecule has 2 N–H and O–H groups in total. The number of carbonyl (C=O) groups excluding carboxylic acids is 3. The van der Waals surface area contributed by atoms with Crippen LogP contribution in [0.5, 0.6) is 11.5 Å². The van der Waals surface area contributed by atoms with Crippen LogP contribution in [0.3, 0.4) is 0 Å². The number of phenolic OH excluding ortho intramolecular Hbond substituents is 2. The van der Waals surface area contributed by atoms with Gasteiger partial charge in [0.2, 0.25) is 0 Å².